The van der Waals surface area contributed by atoms with Crippen LogP contribution in [0.2, 0.25) is 18.1 Å². The molecular weight excluding hydrogens is 589 g/mol. The molecule has 0 aliphatic heterocycles. The van der Waals surface area contributed by atoms with Crippen molar-refractivity contribution in [1.82, 2.24) is 0 Å². The second kappa shape index (κ2) is 14.4. The largest absolute Gasteiger partial charge is 0.466 e. The predicted molar refractivity (Wildman–Crippen MR) is 183 cm³/mol. The summed E-state index contributed by atoms with van der Waals surface area (Å²) in [7, 11) is -5.52. The zero-order valence-electron chi connectivity index (χ0n) is 30.5. The van der Waals surface area contributed by atoms with Gasteiger partial charge in [0.2, 0.25) is 0 Å². The molecule has 0 aromatic carbocycles. The van der Waals surface area contributed by atoms with Crippen molar-refractivity contribution in [3.05, 3.63) is 0 Å². The van der Waals surface area contributed by atoms with Crippen LogP contribution in [0.15, 0.2) is 0 Å². The lowest BCUT2D eigenvalue weighted by molar-refractivity contribution is -0.151. The van der Waals surface area contributed by atoms with Gasteiger partial charge in [-0.25, -0.2) is 0 Å². The van der Waals surface area contributed by atoms with E-state index < -0.39 is 18.4 Å². The van der Waals surface area contributed by atoms with Crippen LogP contribution in [-0.2, 0) is 28.3 Å². The molecule has 0 amide bonds. The van der Waals surface area contributed by atoms with Crippen LogP contribution in [0, 0.1) is 52.3 Å². The highest BCUT2D eigenvalue weighted by Crippen LogP contribution is 2.65. The molecule has 0 unspecified atom stereocenters. The lowest BCUT2D eigenvalue weighted by Crippen LogP contribution is -2.54. The summed E-state index contributed by atoms with van der Waals surface area (Å²) in [5.41, 5.74) is 0.111. The van der Waals surface area contributed by atoms with Crippen molar-refractivity contribution in [3.63, 3.8) is 0 Å². The lowest BCUT2D eigenvalue weighted by atomic mass is 9.48. The Morgan fingerprint density at radius 1 is 0.932 bits per heavy atom. The molecule has 9 atom stereocenters. The SMILES string of the molecule is CC(=O)OC[C@H]1C[C@@H](O[Si](C)(C)C(C)(C)C)CC[C@]1(C)[C@H]1CC[C@]2(C)[C@@H]([C@H](C)CCCC(C)C)CC[C@H]2[C@@H]1COS(C)(=O)=O. The van der Waals surface area contributed by atoms with E-state index in [-0.39, 0.29) is 46.4 Å². The molecule has 6 nitrogen and oxygen atoms in total. The monoisotopic (exact) mass is 656 g/mol. The van der Waals surface area contributed by atoms with Crippen molar-refractivity contribution in [2.45, 2.75) is 151 Å². The van der Waals surface area contributed by atoms with E-state index >= 15 is 0 Å². The molecule has 3 saturated carbocycles. The molecule has 3 fully saturated rings. The maximum Gasteiger partial charge on any atom is 0.302 e. The molecule has 0 bridgehead atoms. The quantitative estimate of drug-likeness (QED) is 0.112. The first-order valence-electron chi connectivity index (χ1n) is 17.8. The summed E-state index contributed by atoms with van der Waals surface area (Å²) in [6.45, 7) is 25.7. The minimum Gasteiger partial charge on any atom is -0.466 e. The molecule has 0 N–H and O–H groups in total. The number of hydrogen-bond donors (Lipinski definition) is 0. The van der Waals surface area contributed by atoms with Crippen molar-refractivity contribution < 1.29 is 26.6 Å². The van der Waals surface area contributed by atoms with Gasteiger partial charge in [0.05, 0.1) is 19.5 Å². The fraction of sp³-hybridized carbons (Fsp3) is 0.972. The number of fused-ring (bicyclic) bond motifs is 1. The summed E-state index contributed by atoms with van der Waals surface area (Å²) in [6.07, 6.45) is 12.7. The first kappa shape index (κ1) is 38.0. The number of esters is 1. The summed E-state index contributed by atoms with van der Waals surface area (Å²) < 4.78 is 43.1. The maximum atomic E-state index is 12.4. The summed E-state index contributed by atoms with van der Waals surface area (Å²) in [4.78, 5) is 12.1. The molecule has 0 aromatic rings. The first-order chi connectivity index (χ1) is 20.1. The van der Waals surface area contributed by atoms with E-state index in [9.17, 15) is 13.2 Å². The zero-order chi connectivity index (χ0) is 33.3. The number of carbonyl (C=O) groups is 1. The van der Waals surface area contributed by atoms with Crippen LogP contribution >= 0.6 is 0 Å². The highest BCUT2D eigenvalue weighted by atomic mass is 32.2. The van der Waals surface area contributed by atoms with Gasteiger partial charge in [0.1, 0.15) is 0 Å². The van der Waals surface area contributed by atoms with Gasteiger partial charge >= 0.3 is 5.97 Å². The summed E-state index contributed by atoms with van der Waals surface area (Å²) >= 11 is 0. The number of carbonyl (C=O) groups excluding carboxylic acids is 1. The average Bonchev–Trinajstić information content (AvgIpc) is 3.23. The molecular formula is C36H68O6SSi. The van der Waals surface area contributed by atoms with E-state index in [0.717, 1.165) is 38.0 Å². The molecule has 8 heteroatoms. The molecule has 0 radical (unpaired) electrons. The molecule has 3 aliphatic carbocycles. The third-order valence-electron chi connectivity index (χ3n) is 13.2. The van der Waals surface area contributed by atoms with Crippen LogP contribution in [0.1, 0.15) is 127 Å². The third kappa shape index (κ3) is 8.92. The van der Waals surface area contributed by atoms with Crippen molar-refractivity contribution in [3.8, 4) is 0 Å². The second-order valence-corrected chi connectivity index (χ2v) is 24.1. The van der Waals surface area contributed by atoms with Crippen molar-refractivity contribution in [1.29, 1.82) is 0 Å². The number of hydrogen-bond acceptors (Lipinski definition) is 6. The topological polar surface area (TPSA) is 78.9 Å². The third-order valence-corrected chi connectivity index (χ3v) is 18.3. The minimum atomic E-state index is -3.56. The first-order valence-corrected chi connectivity index (χ1v) is 22.5. The molecule has 258 valence electrons. The van der Waals surface area contributed by atoms with E-state index in [4.69, 9.17) is 13.3 Å². The molecule has 0 aromatic heterocycles. The smallest absolute Gasteiger partial charge is 0.302 e. The molecule has 0 heterocycles. The summed E-state index contributed by atoms with van der Waals surface area (Å²) in [5.74, 6) is 2.92. The van der Waals surface area contributed by atoms with Crippen LogP contribution < -0.4 is 0 Å². The van der Waals surface area contributed by atoms with Gasteiger partial charge < -0.3 is 9.16 Å². The van der Waals surface area contributed by atoms with Crippen molar-refractivity contribution >= 4 is 24.4 Å². The normalized spacial score (nSPS) is 35.8. The lowest BCUT2D eigenvalue weighted by Gasteiger charge is -2.58. The van der Waals surface area contributed by atoms with E-state index in [2.05, 4.69) is 68.5 Å². The Morgan fingerprint density at radius 2 is 1.55 bits per heavy atom. The van der Waals surface area contributed by atoms with Gasteiger partial charge in [-0.3, -0.25) is 8.98 Å². The Hall–Kier alpha value is -0.443. The van der Waals surface area contributed by atoms with E-state index in [1.807, 2.05) is 0 Å². The van der Waals surface area contributed by atoms with Gasteiger partial charge in [-0.1, -0.05) is 74.7 Å². The molecule has 0 spiro atoms. The Balaban J connectivity index is 1.91. The number of rotatable bonds is 13. The van der Waals surface area contributed by atoms with Crippen LogP contribution in [0.3, 0.4) is 0 Å². The van der Waals surface area contributed by atoms with Gasteiger partial charge in [-0.15, -0.1) is 0 Å². The van der Waals surface area contributed by atoms with Gasteiger partial charge in [0.15, 0.2) is 8.32 Å². The molecule has 44 heavy (non-hydrogen) atoms. The van der Waals surface area contributed by atoms with Crippen LogP contribution in [0.25, 0.3) is 0 Å². The van der Waals surface area contributed by atoms with Crippen LogP contribution in [0.5, 0.6) is 0 Å². The predicted octanol–water partition coefficient (Wildman–Crippen LogP) is 9.24. The van der Waals surface area contributed by atoms with Gasteiger partial charge in [0, 0.05) is 18.9 Å². The average molecular weight is 657 g/mol. The Morgan fingerprint density at radius 3 is 2.11 bits per heavy atom. The van der Waals surface area contributed by atoms with E-state index in [1.165, 1.54) is 45.3 Å². The fourth-order valence-electron chi connectivity index (χ4n) is 9.61. The molecule has 0 saturated heterocycles. The Labute approximate surface area is 272 Å². The van der Waals surface area contributed by atoms with Gasteiger partial charge in [0.25, 0.3) is 10.1 Å². The number of ether oxygens (including phenoxy) is 1. The van der Waals surface area contributed by atoms with Gasteiger partial charge in [-0.2, -0.15) is 8.42 Å². The second-order valence-electron chi connectivity index (χ2n) is 17.7. The highest BCUT2D eigenvalue weighted by Gasteiger charge is 2.59. The highest BCUT2D eigenvalue weighted by molar-refractivity contribution is 7.85. The zero-order valence-corrected chi connectivity index (χ0v) is 32.3. The summed E-state index contributed by atoms with van der Waals surface area (Å²) in [6, 6.07) is 0. The minimum absolute atomic E-state index is 0.0867. The maximum absolute atomic E-state index is 12.4. The van der Waals surface area contributed by atoms with Gasteiger partial charge in [-0.05, 0) is 109 Å². The summed E-state index contributed by atoms with van der Waals surface area (Å²) in [5, 5.41) is 0.131. The standard InChI is InChI=1S/C36H68O6SSi/c1-25(2)14-13-15-26(3)31-16-17-32-30(24-41-43(10,38)39)33(19-21-36(31,32)9)35(8)20-18-29(22-28(35)23-40-27(4)37)42-44(11,12)34(5,6)7/h25-26,28-33H,13-24H2,1-12H3/t26-,28-,29+,30+,31-,32+,33+,35+,36-/m1/s1. The molecule has 3 rings (SSSR count). The van der Waals surface area contributed by atoms with Crippen LogP contribution in [0.4, 0.5) is 0 Å². The van der Waals surface area contributed by atoms with Crippen molar-refractivity contribution in [2.75, 3.05) is 19.5 Å². The fourth-order valence-corrected chi connectivity index (χ4v) is 11.4. The Bertz CT molecular complexity index is 1070. The van der Waals surface area contributed by atoms with Crippen LogP contribution in [-0.4, -0.2) is 48.3 Å². The molecule has 3 aliphatic rings. The van der Waals surface area contributed by atoms with E-state index in [1.54, 1.807) is 0 Å². The van der Waals surface area contributed by atoms with E-state index in [0.29, 0.717) is 30.3 Å². The van der Waals surface area contributed by atoms with Crippen molar-refractivity contribution in [2.24, 2.45) is 52.3 Å². The Kier molecular flexibility index (Phi) is 12.4.